The molecule has 6 nitrogen and oxygen atoms in total. The molecule has 0 radical (unpaired) electrons. The van der Waals surface area contributed by atoms with Crippen LogP contribution in [0.3, 0.4) is 0 Å². The summed E-state index contributed by atoms with van der Waals surface area (Å²) in [6.07, 6.45) is 5.08. The summed E-state index contributed by atoms with van der Waals surface area (Å²) in [4.78, 5) is 15.5. The monoisotopic (exact) mass is 491 g/mol. The number of piperidine rings is 1. The van der Waals surface area contributed by atoms with E-state index < -0.39 is 10.0 Å². The Kier molecular flexibility index (Phi) is 6.46. The number of carbonyl (C=O) groups is 1. The highest BCUT2D eigenvalue weighted by Gasteiger charge is 2.27. The minimum atomic E-state index is -3.60. The summed E-state index contributed by atoms with van der Waals surface area (Å²) in [5.41, 5.74) is 2.04. The van der Waals surface area contributed by atoms with Gasteiger partial charge in [0.2, 0.25) is 10.0 Å². The maximum Gasteiger partial charge on any atom is 0.256 e. The number of rotatable bonds is 5. The highest BCUT2D eigenvalue weighted by Crippen LogP contribution is 2.30. The smallest absolute Gasteiger partial charge is 0.256 e. The Morgan fingerprint density at radius 2 is 1.57 bits per heavy atom. The minimum Gasteiger partial charge on any atom is -0.370 e. The third kappa shape index (κ3) is 4.40. The van der Waals surface area contributed by atoms with Crippen molar-refractivity contribution in [3.05, 3.63) is 52.5 Å². The zero-order chi connectivity index (χ0) is 21.1. The molecule has 8 heteroatoms. The van der Waals surface area contributed by atoms with Gasteiger partial charge in [-0.25, -0.2) is 8.42 Å². The molecule has 0 aliphatic carbocycles. The SMILES string of the molecule is O=C(Nc1ccccc1N1CCCC1)c1cc(S(=O)(=O)N2CCCCC2)ccc1Br. The van der Waals surface area contributed by atoms with E-state index in [1.54, 1.807) is 12.1 Å². The molecule has 4 rings (SSSR count). The average Bonchev–Trinajstić information content (AvgIpc) is 3.29. The van der Waals surface area contributed by atoms with Gasteiger partial charge < -0.3 is 10.2 Å². The molecule has 0 aromatic heterocycles. The van der Waals surface area contributed by atoms with E-state index in [1.807, 2.05) is 24.3 Å². The van der Waals surface area contributed by atoms with Gasteiger partial charge in [0.05, 0.1) is 21.8 Å². The van der Waals surface area contributed by atoms with Gasteiger partial charge in [-0.15, -0.1) is 0 Å². The molecular formula is C22H26BrN3O3S. The number of anilines is 2. The van der Waals surface area contributed by atoms with Crippen molar-refractivity contribution in [3.8, 4) is 0 Å². The van der Waals surface area contributed by atoms with E-state index >= 15 is 0 Å². The van der Waals surface area contributed by atoms with Gasteiger partial charge in [0.15, 0.2) is 0 Å². The molecule has 2 aromatic carbocycles. The van der Waals surface area contributed by atoms with Crippen LogP contribution in [0.4, 0.5) is 11.4 Å². The van der Waals surface area contributed by atoms with E-state index in [1.165, 1.54) is 10.4 Å². The van der Waals surface area contributed by atoms with Crippen LogP contribution in [0.5, 0.6) is 0 Å². The number of amides is 1. The Morgan fingerprint density at radius 1 is 0.900 bits per heavy atom. The van der Waals surface area contributed by atoms with E-state index in [-0.39, 0.29) is 10.8 Å². The van der Waals surface area contributed by atoms with Crippen LogP contribution in [0.15, 0.2) is 51.8 Å². The number of para-hydroxylation sites is 2. The first kappa shape index (κ1) is 21.3. The second-order valence-corrected chi connectivity index (χ2v) is 10.6. The van der Waals surface area contributed by atoms with Crippen molar-refractivity contribution in [2.75, 3.05) is 36.4 Å². The summed E-state index contributed by atoms with van der Waals surface area (Å²) in [5.74, 6) is -0.329. The number of halogens is 1. The van der Waals surface area contributed by atoms with Gasteiger partial charge in [0.25, 0.3) is 5.91 Å². The number of sulfonamides is 1. The van der Waals surface area contributed by atoms with Crippen molar-refractivity contribution < 1.29 is 13.2 Å². The lowest BCUT2D eigenvalue weighted by Gasteiger charge is -2.26. The van der Waals surface area contributed by atoms with Gasteiger partial charge in [-0.1, -0.05) is 18.6 Å². The van der Waals surface area contributed by atoms with Gasteiger partial charge in [-0.2, -0.15) is 4.31 Å². The van der Waals surface area contributed by atoms with Crippen LogP contribution in [0, 0.1) is 0 Å². The molecule has 2 fully saturated rings. The lowest BCUT2D eigenvalue weighted by atomic mass is 10.2. The van der Waals surface area contributed by atoms with Crippen LogP contribution in [0.25, 0.3) is 0 Å². The number of nitrogens with one attached hydrogen (secondary N) is 1. The van der Waals surface area contributed by atoms with Gasteiger partial charge in [-0.05, 0) is 71.9 Å². The van der Waals surface area contributed by atoms with Crippen LogP contribution < -0.4 is 10.2 Å². The molecule has 0 bridgehead atoms. The Bertz CT molecular complexity index is 1030. The van der Waals surface area contributed by atoms with Crippen LogP contribution in [-0.2, 0) is 10.0 Å². The molecule has 2 aliphatic heterocycles. The zero-order valence-corrected chi connectivity index (χ0v) is 19.2. The fourth-order valence-corrected chi connectivity index (χ4v) is 6.07. The Hall–Kier alpha value is -1.90. The van der Waals surface area contributed by atoms with E-state index in [2.05, 4.69) is 26.1 Å². The average molecular weight is 492 g/mol. The molecule has 0 saturated carbocycles. The summed E-state index contributed by atoms with van der Waals surface area (Å²) in [5, 5.41) is 2.98. The number of benzene rings is 2. The summed E-state index contributed by atoms with van der Waals surface area (Å²) in [7, 11) is -3.60. The molecule has 0 spiro atoms. The number of hydrogen-bond acceptors (Lipinski definition) is 4. The molecule has 30 heavy (non-hydrogen) atoms. The molecule has 1 amide bonds. The second kappa shape index (κ2) is 9.08. The Balaban J connectivity index is 1.60. The summed E-state index contributed by atoms with van der Waals surface area (Å²) >= 11 is 3.41. The summed E-state index contributed by atoms with van der Waals surface area (Å²) in [6.45, 7) is 3.01. The Morgan fingerprint density at radius 3 is 2.30 bits per heavy atom. The number of nitrogens with zero attached hydrogens (tertiary/aromatic N) is 2. The van der Waals surface area contributed by atoms with Crippen molar-refractivity contribution >= 4 is 43.2 Å². The van der Waals surface area contributed by atoms with E-state index in [9.17, 15) is 13.2 Å². The summed E-state index contributed by atoms with van der Waals surface area (Å²) in [6, 6.07) is 12.4. The van der Waals surface area contributed by atoms with Gasteiger partial charge >= 0.3 is 0 Å². The van der Waals surface area contributed by atoms with Gasteiger partial charge in [0.1, 0.15) is 0 Å². The first-order valence-electron chi connectivity index (χ1n) is 10.4. The maximum atomic E-state index is 13.1. The summed E-state index contributed by atoms with van der Waals surface area (Å²) < 4.78 is 28.1. The number of hydrogen-bond donors (Lipinski definition) is 1. The third-order valence-corrected chi connectivity index (χ3v) is 8.32. The van der Waals surface area contributed by atoms with Crippen LogP contribution >= 0.6 is 15.9 Å². The molecule has 1 N–H and O–H groups in total. The van der Waals surface area contributed by atoms with Crippen LogP contribution in [-0.4, -0.2) is 44.8 Å². The quantitative estimate of drug-likeness (QED) is 0.669. The highest BCUT2D eigenvalue weighted by molar-refractivity contribution is 9.10. The first-order chi connectivity index (χ1) is 14.5. The molecule has 2 saturated heterocycles. The van der Waals surface area contributed by atoms with E-state index in [0.717, 1.165) is 56.6 Å². The fraction of sp³-hybridized carbons (Fsp3) is 0.409. The van der Waals surface area contributed by atoms with E-state index in [4.69, 9.17) is 0 Å². The highest BCUT2D eigenvalue weighted by atomic mass is 79.9. The number of carbonyl (C=O) groups excluding carboxylic acids is 1. The molecule has 2 aliphatic rings. The fourth-order valence-electron chi connectivity index (χ4n) is 4.10. The van der Waals surface area contributed by atoms with Crippen molar-refractivity contribution in [2.24, 2.45) is 0 Å². The normalized spacial score (nSPS) is 17.8. The van der Waals surface area contributed by atoms with Crippen molar-refractivity contribution in [1.82, 2.24) is 4.31 Å². The van der Waals surface area contributed by atoms with Crippen molar-refractivity contribution in [3.63, 3.8) is 0 Å². The molecule has 0 unspecified atom stereocenters. The van der Waals surface area contributed by atoms with Crippen molar-refractivity contribution in [2.45, 2.75) is 37.0 Å². The lowest BCUT2D eigenvalue weighted by Crippen LogP contribution is -2.35. The van der Waals surface area contributed by atoms with Crippen LogP contribution in [0.1, 0.15) is 42.5 Å². The molecule has 160 valence electrons. The van der Waals surface area contributed by atoms with Crippen LogP contribution in [0.2, 0.25) is 0 Å². The second-order valence-electron chi connectivity index (χ2n) is 7.77. The van der Waals surface area contributed by atoms with Gasteiger partial charge in [0, 0.05) is 30.7 Å². The molecule has 0 atom stereocenters. The molecule has 2 heterocycles. The standard InChI is InChI=1S/C22H26BrN3O3S/c23-19-11-10-17(30(28,29)26-14-4-1-5-15-26)16-18(19)22(27)24-20-8-2-3-9-21(20)25-12-6-7-13-25/h2-3,8-11,16H,1,4-7,12-15H2,(H,24,27). The zero-order valence-electron chi connectivity index (χ0n) is 16.8. The first-order valence-corrected chi connectivity index (χ1v) is 12.7. The van der Waals surface area contributed by atoms with E-state index in [0.29, 0.717) is 23.1 Å². The third-order valence-electron chi connectivity index (χ3n) is 5.73. The largest absolute Gasteiger partial charge is 0.370 e. The van der Waals surface area contributed by atoms with Crippen molar-refractivity contribution in [1.29, 1.82) is 0 Å². The Labute approximate surface area is 186 Å². The van der Waals surface area contributed by atoms with Gasteiger partial charge in [-0.3, -0.25) is 4.79 Å². The lowest BCUT2D eigenvalue weighted by molar-refractivity contribution is 0.102. The maximum absolute atomic E-state index is 13.1. The molecular weight excluding hydrogens is 466 g/mol. The topological polar surface area (TPSA) is 69.7 Å². The minimum absolute atomic E-state index is 0.158. The predicted molar refractivity (Wildman–Crippen MR) is 123 cm³/mol. The predicted octanol–water partition coefficient (Wildman–Crippen LogP) is 4.48. The molecule has 2 aromatic rings.